The predicted octanol–water partition coefficient (Wildman–Crippen LogP) is 2.31. The number of nitrogens with one attached hydrogen (secondary N) is 1. The Morgan fingerprint density at radius 1 is 1.12 bits per heavy atom. The molecule has 2 aromatic carbocycles. The van der Waals surface area contributed by atoms with Gasteiger partial charge in [0.25, 0.3) is 11.6 Å². The Bertz CT molecular complexity index is 706. The molecule has 0 aliphatic heterocycles. The molecule has 0 heterocycles. The number of carbonyl (C=O) groups is 1. The van der Waals surface area contributed by atoms with Crippen molar-refractivity contribution < 1.29 is 23.6 Å². The van der Waals surface area contributed by atoms with Crippen molar-refractivity contribution in [3.05, 3.63) is 64.5 Å². The molecule has 8 heteroatoms. The predicted molar refractivity (Wildman–Crippen MR) is 83.5 cm³/mol. The van der Waals surface area contributed by atoms with Crippen LogP contribution < -0.4 is 14.8 Å². The van der Waals surface area contributed by atoms with Crippen LogP contribution >= 0.6 is 0 Å². The molecule has 0 aliphatic carbocycles. The molecule has 0 aliphatic rings. The fraction of sp³-hybridized carbons (Fsp3) is 0.188. The van der Waals surface area contributed by atoms with Gasteiger partial charge in [0.2, 0.25) is 0 Å². The molecule has 1 N–H and O–H groups in total. The van der Waals surface area contributed by atoms with Crippen molar-refractivity contribution in [2.75, 3.05) is 19.8 Å². The minimum absolute atomic E-state index is 0.111. The Balaban J connectivity index is 1.67. The van der Waals surface area contributed by atoms with Crippen LogP contribution in [0.4, 0.5) is 10.1 Å². The van der Waals surface area contributed by atoms with E-state index in [2.05, 4.69) is 5.32 Å². The van der Waals surface area contributed by atoms with Crippen LogP contribution in [-0.2, 0) is 4.79 Å². The van der Waals surface area contributed by atoms with E-state index in [1.807, 2.05) is 0 Å². The lowest BCUT2D eigenvalue weighted by Crippen LogP contribution is -2.32. The van der Waals surface area contributed by atoms with Crippen molar-refractivity contribution in [3.8, 4) is 11.5 Å². The lowest BCUT2D eigenvalue weighted by molar-refractivity contribution is -0.384. The standard InChI is InChI=1S/C16H15FN2O5/c17-12-4-6-14(7-5-12)23-9-8-18-16(20)11-24-15-3-1-2-13(10-15)19(21)22/h1-7,10H,8-9,11H2,(H,18,20). The van der Waals surface area contributed by atoms with E-state index in [9.17, 15) is 19.3 Å². The molecule has 0 unspecified atom stereocenters. The molecule has 0 bridgehead atoms. The fourth-order valence-corrected chi connectivity index (χ4v) is 1.78. The van der Waals surface area contributed by atoms with Crippen LogP contribution in [0.1, 0.15) is 0 Å². The van der Waals surface area contributed by atoms with E-state index in [0.29, 0.717) is 5.75 Å². The van der Waals surface area contributed by atoms with Crippen molar-refractivity contribution in [1.82, 2.24) is 5.32 Å². The van der Waals surface area contributed by atoms with Crippen LogP contribution in [0.15, 0.2) is 48.5 Å². The summed E-state index contributed by atoms with van der Waals surface area (Å²) in [5.74, 6) is -0.00133. The molecule has 2 aromatic rings. The van der Waals surface area contributed by atoms with Crippen molar-refractivity contribution in [2.24, 2.45) is 0 Å². The van der Waals surface area contributed by atoms with Crippen LogP contribution in [0.25, 0.3) is 0 Å². The quantitative estimate of drug-likeness (QED) is 0.454. The van der Waals surface area contributed by atoms with E-state index in [1.165, 1.54) is 48.5 Å². The van der Waals surface area contributed by atoms with Crippen LogP contribution in [0.2, 0.25) is 0 Å². The zero-order valence-corrected chi connectivity index (χ0v) is 12.6. The average molecular weight is 334 g/mol. The highest BCUT2D eigenvalue weighted by molar-refractivity contribution is 5.77. The van der Waals surface area contributed by atoms with Crippen LogP contribution in [0.5, 0.6) is 11.5 Å². The van der Waals surface area contributed by atoms with Gasteiger partial charge in [-0.3, -0.25) is 14.9 Å². The number of rotatable bonds is 8. The maximum Gasteiger partial charge on any atom is 0.273 e. The first-order valence-electron chi connectivity index (χ1n) is 7.07. The average Bonchev–Trinajstić information content (AvgIpc) is 2.58. The molecule has 0 spiro atoms. The maximum absolute atomic E-state index is 12.7. The van der Waals surface area contributed by atoms with Crippen molar-refractivity contribution in [1.29, 1.82) is 0 Å². The third-order valence-corrected chi connectivity index (χ3v) is 2.90. The van der Waals surface area contributed by atoms with Gasteiger partial charge in [0.05, 0.1) is 17.5 Å². The molecule has 24 heavy (non-hydrogen) atoms. The second-order valence-corrected chi connectivity index (χ2v) is 4.70. The Labute approximate surface area is 137 Å². The van der Waals surface area contributed by atoms with Crippen molar-refractivity contribution >= 4 is 11.6 Å². The van der Waals surface area contributed by atoms with E-state index < -0.39 is 4.92 Å². The molecule has 2 rings (SSSR count). The van der Waals surface area contributed by atoms with Gasteiger partial charge in [0.15, 0.2) is 6.61 Å². The molecule has 0 saturated heterocycles. The van der Waals surface area contributed by atoms with Crippen molar-refractivity contribution in [3.63, 3.8) is 0 Å². The lowest BCUT2D eigenvalue weighted by Gasteiger charge is -2.09. The zero-order valence-electron chi connectivity index (χ0n) is 12.6. The fourth-order valence-electron chi connectivity index (χ4n) is 1.78. The highest BCUT2D eigenvalue weighted by atomic mass is 19.1. The Morgan fingerprint density at radius 3 is 2.58 bits per heavy atom. The molecule has 126 valence electrons. The number of ether oxygens (including phenoxy) is 2. The number of hydrogen-bond acceptors (Lipinski definition) is 5. The maximum atomic E-state index is 12.7. The molecule has 1 amide bonds. The summed E-state index contributed by atoms with van der Waals surface area (Å²) in [7, 11) is 0. The normalized spacial score (nSPS) is 10.0. The molecular weight excluding hydrogens is 319 g/mol. The summed E-state index contributed by atoms with van der Waals surface area (Å²) in [6, 6.07) is 11.1. The van der Waals surface area contributed by atoms with Gasteiger partial charge in [-0.25, -0.2) is 4.39 Å². The van der Waals surface area contributed by atoms with Gasteiger partial charge in [0, 0.05) is 6.07 Å². The van der Waals surface area contributed by atoms with Gasteiger partial charge in [0.1, 0.15) is 23.9 Å². The second-order valence-electron chi connectivity index (χ2n) is 4.70. The number of benzene rings is 2. The number of nitro groups is 1. The van der Waals surface area contributed by atoms with Crippen LogP contribution in [0, 0.1) is 15.9 Å². The molecule has 0 saturated carbocycles. The topological polar surface area (TPSA) is 90.7 Å². The third kappa shape index (κ3) is 5.56. The minimum Gasteiger partial charge on any atom is -0.492 e. The van der Waals surface area contributed by atoms with E-state index in [-0.39, 0.29) is 42.9 Å². The van der Waals surface area contributed by atoms with Crippen LogP contribution in [-0.4, -0.2) is 30.6 Å². The van der Waals surface area contributed by atoms with E-state index in [4.69, 9.17) is 9.47 Å². The largest absolute Gasteiger partial charge is 0.492 e. The highest BCUT2D eigenvalue weighted by Gasteiger charge is 2.08. The number of halogens is 1. The van der Waals surface area contributed by atoms with Gasteiger partial charge in [-0.2, -0.15) is 0 Å². The third-order valence-electron chi connectivity index (χ3n) is 2.90. The lowest BCUT2D eigenvalue weighted by atomic mass is 10.3. The summed E-state index contributed by atoms with van der Waals surface area (Å²) in [5, 5.41) is 13.2. The van der Waals surface area contributed by atoms with Gasteiger partial charge in [-0.1, -0.05) is 6.07 Å². The smallest absolute Gasteiger partial charge is 0.273 e. The summed E-state index contributed by atoms with van der Waals surface area (Å²) in [6.07, 6.45) is 0. The summed E-state index contributed by atoms with van der Waals surface area (Å²) in [6.45, 7) is 0.195. The highest BCUT2D eigenvalue weighted by Crippen LogP contribution is 2.18. The van der Waals surface area contributed by atoms with Gasteiger partial charge >= 0.3 is 0 Å². The Kier molecular flexibility index (Phi) is 6.07. The first-order valence-corrected chi connectivity index (χ1v) is 7.07. The zero-order chi connectivity index (χ0) is 17.4. The van der Waals surface area contributed by atoms with Gasteiger partial charge in [-0.15, -0.1) is 0 Å². The number of non-ortho nitro benzene ring substituents is 1. The minimum atomic E-state index is -0.542. The number of nitro benzene ring substituents is 1. The summed E-state index contributed by atoms with van der Waals surface area (Å²) >= 11 is 0. The van der Waals surface area contributed by atoms with E-state index in [1.54, 1.807) is 0 Å². The van der Waals surface area contributed by atoms with Crippen LogP contribution in [0.3, 0.4) is 0 Å². The number of nitrogens with zero attached hydrogens (tertiary/aromatic N) is 1. The molecule has 0 radical (unpaired) electrons. The number of amides is 1. The second kappa shape index (κ2) is 8.47. The van der Waals surface area contributed by atoms with Crippen molar-refractivity contribution in [2.45, 2.75) is 0 Å². The molecule has 7 nitrogen and oxygen atoms in total. The SMILES string of the molecule is O=C(COc1cccc([N+](=O)[O-])c1)NCCOc1ccc(F)cc1. The molecular formula is C16H15FN2O5. The first kappa shape index (κ1) is 17.2. The summed E-state index contributed by atoms with van der Waals surface area (Å²) in [4.78, 5) is 21.7. The first-order chi connectivity index (χ1) is 11.5. The van der Waals surface area contributed by atoms with Gasteiger partial charge in [-0.05, 0) is 30.3 Å². The number of hydrogen-bond donors (Lipinski definition) is 1. The van der Waals surface area contributed by atoms with Gasteiger partial charge < -0.3 is 14.8 Å². The summed E-state index contributed by atoms with van der Waals surface area (Å²) < 4.78 is 23.2. The summed E-state index contributed by atoms with van der Waals surface area (Å²) in [5.41, 5.74) is -0.111. The van der Waals surface area contributed by atoms with E-state index in [0.717, 1.165) is 0 Å². The molecule has 0 aromatic heterocycles. The Hall–Kier alpha value is -3.16. The van der Waals surface area contributed by atoms with E-state index >= 15 is 0 Å². The number of carbonyl (C=O) groups excluding carboxylic acids is 1. The molecule has 0 atom stereocenters. The monoisotopic (exact) mass is 334 g/mol. The molecule has 0 fully saturated rings. The Morgan fingerprint density at radius 2 is 1.88 bits per heavy atom.